The van der Waals surface area contributed by atoms with Crippen molar-refractivity contribution in [2.45, 2.75) is 6.92 Å². The molecule has 1 rings (SSSR count). The molecule has 1 atom stereocenters. The van der Waals surface area contributed by atoms with Crippen LogP contribution >= 0.6 is 15.9 Å². The summed E-state index contributed by atoms with van der Waals surface area (Å²) in [5.74, 6) is -0.175. The summed E-state index contributed by atoms with van der Waals surface area (Å²) in [6, 6.07) is 0. The maximum Gasteiger partial charge on any atom is 0.335 e. The van der Waals surface area contributed by atoms with Crippen molar-refractivity contribution in [2.75, 3.05) is 6.61 Å². The highest BCUT2D eigenvalue weighted by atomic mass is 79.9. The van der Waals surface area contributed by atoms with Crippen molar-refractivity contribution >= 4 is 21.9 Å². The van der Waals surface area contributed by atoms with Gasteiger partial charge in [0.25, 0.3) is 0 Å². The van der Waals surface area contributed by atoms with Crippen LogP contribution in [0.5, 0.6) is 0 Å². The van der Waals surface area contributed by atoms with E-state index in [2.05, 4.69) is 22.5 Å². The molecule has 60 valence electrons. The van der Waals surface area contributed by atoms with Gasteiger partial charge in [-0.05, 0) is 6.92 Å². The number of hydrogen-bond acceptors (Lipinski definition) is 2. The summed E-state index contributed by atoms with van der Waals surface area (Å²) in [6.45, 7) is 5.89. The Bertz CT molecular complexity index is 226. The number of esters is 1. The first-order valence-corrected chi connectivity index (χ1v) is 4.12. The fourth-order valence-electron chi connectivity index (χ4n) is 1.06. The Morgan fingerprint density at radius 2 is 2.55 bits per heavy atom. The second-order valence-corrected chi connectivity index (χ2v) is 3.58. The van der Waals surface area contributed by atoms with E-state index in [-0.39, 0.29) is 11.9 Å². The van der Waals surface area contributed by atoms with Crippen molar-refractivity contribution in [3.05, 3.63) is 22.7 Å². The van der Waals surface area contributed by atoms with Gasteiger partial charge in [-0.15, -0.1) is 6.58 Å². The van der Waals surface area contributed by atoms with Gasteiger partial charge in [-0.1, -0.05) is 22.0 Å². The molecule has 0 saturated carbocycles. The Labute approximate surface area is 74.1 Å². The van der Waals surface area contributed by atoms with E-state index >= 15 is 0 Å². The minimum Gasteiger partial charge on any atom is -0.461 e. The second kappa shape index (κ2) is 3.22. The maximum atomic E-state index is 11.0. The average molecular weight is 217 g/mol. The van der Waals surface area contributed by atoms with Crippen LogP contribution in [-0.2, 0) is 9.53 Å². The predicted octanol–water partition coefficient (Wildman–Crippen LogP) is 2.01. The molecule has 1 fully saturated rings. The van der Waals surface area contributed by atoms with E-state index in [1.54, 1.807) is 6.08 Å². The lowest BCUT2D eigenvalue weighted by molar-refractivity contribution is -0.135. The molecular weight excluding hydrogens is 208 g/mol. The predicted molar refractivity (Wildman–Crippen MR) is 46.3 cm³/mol. The Balaban J connectivity index is 2.98. The van der Waals surface area contributed by atoms with Crippen molar-refractivity contribution in [1.29, 1.82) is 0 Å². The molecule has 1 aliphatic heterocycles. The molecule has 3 heteroatoms. The normalized spacial score (nSPS) is 28.2. The van der Waals surface area contributed by atoms with E-state index in [1.165, 1.54) is 0 Å². The zero-order valence-electron chi connectivity index (χ0n) is 6.26. The first-order chi connectivity index (χ1) is 5.16. The minimum absolute atomic E-state index is 0.0573. The van der Waals surface area contributed by atoms with Crippen LogP contribution in [0.1, 0.15) is 6.92 Å². The SMILES string of the molecule is C=CC1COC(=O)/C1=C(/C)Br. The molecule has 1 unspecified atom stereocenters. The Morgan fingerprint density at radius 1 is 1.91 bits per heavy atom. The number of halogens is 1. The van der Waals surface area contributed by atoms with Crippen LogP contribution in [-0.4, -0.2) is 12.6 Å². The average Bonchev–Trinajstić information content (AvgIpc) is 2.30. The molecule has 11 heavy (non-hydrogen) atoms. The molecule has 0 spiro atoms. The highest BCUT2D eigenvalue weighted by Gasteiger charge is 2.29. The van der Waals surface area contributed by atoms with E-state index in [1.807, 2.05) is 6.92 Å². The van der Waals surface area contributed by atoms with Gasteiger partial charge in [0, 0.05) is 10.4 Å². The highest BCUT2D eigenvalue weighted by molar-refractivity contribution is 9.11. The summed E-state index contributed by atoms with van der Waals surface area (Å²) >= 11 is 3.25. The molecule has 2 nitrogen and oxygen atoms in total. The molecule has 0 bridgehead atoms. The first-order valence-electron chi connectivity index (χ1n) is 3.32. The number of ether oxygens (including phenoxy) is 1. The van der Waals surface area contributed by atoms with Gasteiger partial charge in [-0.3, -0.25) is 0 Å². The van der Waals surface area contributed by atoms with E-state index in [4.69, 9.17) is 4.74 Å². The summed E-state index contributed by atoms with van der Waals surface area (Å²) in [4.78, 5) is 11.0. The van der Waals surface area contributed by atoms with Gasteiger partial charge < -0.3 is 4.74 Å². The summed E-state index contributed by atoms with van der Waals surface area (Å²) in [7, 11) is 0. The summed E-state index contributed by atoms with van der Waals surface area (Å²) in [6.07, 6.45) is 1.73. The minimum atomic E-state index is -0.232. The van der Waals surface area contributed by atoms with Crippen molar-refractivity contribution in [1.82, 2.24) is 0 Å². The smallest absolute Gasteiger partial charge is 0.335 e. The van der Waals surface area contributed by atoms with Crippen molar-refractivity contribution < 1.29 is 9.53 Å². The van der Waals surface area contributed by atoms with Gasteiger partial charge >= 0.3 is 5.97 Å². The van der Waals surface area contributed by atoms with E-state index in [0.29, 0.717) is 12.2 Å². The monoisotopic (exact) mass is 216 g/mol. The number of carbonyl (C=O) groups excluding carboxylic acids is 1. The number of cyclic esters (lactones) is 1. The van der Waals surface area contributed by atoms with E-state index < -0.39 is 0 Å². The molecule has 0 aliphatic carbocycles. The molecule has 0 N–H and O–H groups in total. The van der Waals surface area contributed by atoms with Gasteiger partial charge in [-0.2, -0.15) is 0 Å². The van der Waals surface area contributed by atoms with Crippen molar-refractivity contribution in [3.8, 4) is 0 Å². The lowest BCUT2D eigenvalue weighted by Crippen LogP contribution is -2.00. The van der Waals surface area contributed by atoms with Crippen LogP contribution in [0, 0.1) is 5.92 Å². The second-order valence-electron chi connectivity index (χ2n) is 2.39. The molecule has 0 aromatic rings. The molecule has 1 saturated heterocycles. The fourth-order valence-corrected chi connectivity index (χ4v) is 1.52. The van der Waals surface area contributed by atoms with Crippen LogP contribution in [0.3, 0.4) is 0 Å². The van der Waals surface area contributed by atoms with Crippen molar-refractivity contribution in [2.24, 2.45) is 5.92 Å². The van der Waals surface area contributed by atoms with Crippen LogP contribution in [0.2, 0.25) is 0 Å². The zero-order chi connectivity index (χ0) is 8.43. The standard InChI is InChI=1S/C8H9BrO2/c1-3-6-4-11-8(10)7(6)5(2)9/h3,6H,1,4H2,2H3/b7-5-. The maximum absolute atomic E-state index is 11.0. The largest absolute Gasteiger partial charge is 0.461 e. The highest BCUT2D eigenvalue weighted by Crippen LogP contribution is 2.27. The third-order valence-electron chi connectivity index (χ3n) is 1.64. The van der Waals surface area contributed by atoms with Gasteiger partial charge in [-0.25, -0.2) is 4.79 Å². The Kier molecular flexibility index (Phi) is 2.49. The Morgan fingerprint density at radius 3 is 2.91 bits per heavy atom. The van der Waals surface area contributed by atoms with E-state index in [0.717, 1.165) is 4.48 Å². The molecule has 1 heterocycles. The van der Waals surface area contributed by atoms with Gasteiger partial charge in [0.05, 0.1) is 5.57 Å². The lowest BCUT2D eigenvalue weighted by Gasteiger charge is -1.99. The number of carbonyl (C=O) groups is 1. The summed E-state index contributed by atoms with van der Waals surface area (Å²) < 4.78 is 5.67. The number of hydrogen-bond donors (Lipinski definition) is 0. The molecule has 0 aromatic heterocycles. The zero-order valence-corrected chi connectivity index (χ0v) is 7.85. The molecule has 0 amide bonds. The first kappa shape index (κ1) is 8.53. The van der Waals surface area contributed by atoms with E-state index in [9.17, 15) is 4.79 Å². The quantitative estimate of drug-likeness (QED) is 0.381. The lowest BCUT2D eigenvalue weighted by atomic mass is 10.0. The third-order valence-corrected chi connectivity index (χ3v) is 2.07. The topological polar surface area (TPSA) is 26.3 Å². The van der Waals surface area contributed by atoms with Crippen LogP contribution in [0.25, 0.3) is 0 Å². The van der Waals surface area contributed by atoms with Gasteiger partial charge in [0.1, 0.15) is 6.61 Å². The molecular formula is C8H9BrO2. The van der Waals surface area contributed by atoms with Gasteiger partial charge in [0.15, 0.2) is 0 Å². The summed E-state index contributed by atoms with van der Waals surface area (Å²) in [5, 5.41) is 0. The van der Waals surface area contributed by atoms with Crippen LogP contribution in [0.15, 0.2) is 22.7 Å². The molecule has 0 aromatic carbocycles. The van der Waals surface area contributed by atoms with Crippen LogP contribution in [0.4, 0.5) is 0 Å². The number of allylic oxidation sites excluding steroid dienone is 1. The third kappa shape index (κ3) is 1.53. The summed E-state index contributed by atoms with van der Waals surface area (Å²) in [5.41, 5.74) is 0.694. The van der Waals surface area contributed by atoms with Gasteiger partial charge in [0.2, 0.25) is 0 Å². The van der Waals surface area contributed by atoms with Crippen LogP contribution < -0.4 is 0 Å². The Hall–Kier alpha value is -0.570. The van der Waals surface area contributed by atoms with Crippen molar-refractivity contribution in [3.63, 3.8) is 0 Å². The fraction of sp³-hybridized carbons (Fsp3) is 0.375. The molecule has 1 aliphatic rings. The number of rotatable bonds is 1. The molecule has 0 radical (unpaired) electrons.